The molecule has 13 heteroatoms. The van der Waals surface area contributed by atoms with Gasteiger partial charge in [0.05, 0.1) is 25.9 Å². The Morgan fingerprint density at radius 3 is 1.90 bits per heavy atom. The third kappa shape index (κ3) is 11.1. The first-order chi connectivity index (χ1) is 23.6. The molecule has 0 aromatic heterocycles. The molecule has 0 radical (unpaired) electrons. The molecule has 268 valence electrons. The minimum Gasteiger partial charge on any atom is -0.490 e. The van der Waals surface area contributed by atoms with Crippen molar-refractivity contribution in [1.82, 2.24) is 0 Å². The molecule has 1 aliphatic carbocycles. The molecule has 1 aliphatic heterocycles. The summed E-state index contributed by atoms with van der Waals surface area (Å²) in [4.78, 5) is 22.1. The van der Waals surface area contributed by atoms with Crippen molar-refractivity contribution in [2.45, 2.75) is 89.1 Å². The molecule has 0 atom stereocenters. The smallest absolute Gasteiger partial charge is 0.490 e. The summed E-state index contributed by atoms with van der Waals surface area (Å²) in [6, 6.07) is 5.65. The van der Waals surface area contributed by atoms with E-state index in [4.69, 9.17) is 23.7 Å². The summed E-state index contributed by atoms with van der Waals surface area (Å²) in [5, 5.41) is 0. The molecule has 9 nitrogen and oxygen atoms in total. The second-order valence-electron chi connectivity index (χ2n) is 11.7. The second kappa shape index (κ2) is 18.5. The van der Waals surface area contributed by atoms with Gasteiger partial charge < -0.3 is 33.2 Å². The van der Waals surface area contributed by atoms with E-state index in [1.54, 1.807) is 6.07 Å². The van der Waals surface area contributed by atoms with E-state index in [1.807, 2.05) is 0 Å². The summed E-state index contributed by atoms with van der Waals surface area (Å²) in [6.07, 6.45) is 5.52. The number of fused-ring (bicyclic) bond motifs is 1. The minimum atomic E-state index is -3.98. The summed E-state index contributed by atoms with van der Waals surface area (Å²) in [6.45, 7) is 7.46. The van der Waals surface area contributed by atoms with Gasteiger partial charge in [0, 0.05) is 24.3 Å². The minimum absolute atomic E-state index is 0.0231. The summed E-state index contributed by atoms with van der Waals surface area (Å²) < 4.78 is 94.8. The third-order valence-corrected chi connectivity index (χ3v) is 8.18. The third-order valence-electron chi connectivity index (χ3n) is 8.18. The van der Waals surface area contributed by atoms with Crippen LogP contribution < -0.4 is 18.9 Å². The van der Waals surface area contributed by atoms with E-state index in [-0.39, 0.29) is 53.6 Å². The molecular weight excluding hydrogens is 652 g/mol. The van der Waals surface area contributed by atoms with Crippen LogP contribution in [-0.4, -0.2) is 50.8 Å². The molecule has 0 saturated heterocycles. The molecule has 0 N–H and O–H groups in total. The van der Waals surface area contributed by atoms with Crippen LogP contribution in [0, 0.1) is 11.6 Å². The van der Waals surface area contributed by atoms with E-state index in [0.717, 1.165) is 50.7 Å². The van der Waals surface area contributed by atoms with Crippen LogP contribution in [0.1, 0.15) is 81.3 Å². The van der Waals surface area contributed by atoms with E-state index in [0.29, 0.717) is 38.9 Å². The van der Waals surface area contributed by atoms with E-state index >= 15 is 8.78 Å². The first kappa shape index (κ1) is 37.6. The van der Waals surface area contributed by atoms with Gasteiger partial charge in [-0.05, 0) is 81.4 Å². The van der Waals surface area contributed by atoms with Crippen LogP contribution in [0.5, 0.6) is 23.0 Å². The zero-order valence-electron chi connectivity index (χ0n) is 27.3. The number of unbranched alkanes of at least 4 members (excludes halogenated alkanes) is 4. The number of benzene rings is 2. The highest BCUT2D eigenvalue weighted by Crippen LogP contribution is 2.52. The van der Waals surface area contributed by atoms with Gasteiger partial charge in [-0.3, -0.25) is 0 Å². The van der Waals surface area contributed by atoms with Gasteiger partial charge >= 0.3 is 18.2 Å². The lowest BCUT2D eigenvalue weighted by molar-refractivity contribution is -0.287. The maximum Gasteiger partial charge on any atom is 0.586 e. The predicted octanol–water partition coefficient (Wildman–Crippen LogP) is 8.09. The van der Waals surface area contributed by atoms with Crippen LogP contribution in [0.15, 0.2) is 49.6 Å². The van der Waals surface area contributed by atoms with Gasteiger partial charge in [0.2, 0.25) is 11.5 Å². The molecule has 1 heterocycles. The molecule has 0 spiro atoms. The predicted molar refractivity (Wildman–Crippen MR) is 170 cm³/mol. The highest BCUT2D eigenvalue weighted by atomic mass is 19.3. The Bertz CT molecular complexity index is 1440. The SMILES string of the molecule is C=CC(=O)OCCCCCCOC1CCC(c2ccc(COc3ccc(OCCCCOC(=O)C=C)c4c3OC(F)(F)O4)c(F)c2F)CC1. The highest BCUT2D eigenvalue weighted by Gasteiger charge is 2.47. The Morgan fingerprint density at radius 2 is 1.29 bits per heavy atom. The summed E-state index contributed by atoms with van der Waals surface area (Å²) in [5.74, 6) is -4.13. The number of hydrogen-bond acceptors (Lipinski definition) is 9. The monoisotopic (exact) mass is 694 g/mol. The van der Waals surface area contributed by atoms with Gasteiger partial charge in [0.15, 0.2) is 23.1 Å². The topological polar surface area (TPSA) is 98.8 Å². The Morgan fingerprint density at radius 1 is 0.735 bits per heavy atom. The number of rotatable bonds is 20. The Labute approximate surface area is 283 Å². The van der Waals surface area contributed by atoms with Crippen molar-refractivity contribution in [3.63, 3.8) is 0 Å². The number of carbonyl (C=O) groups is 2. The molecule has 4 rings (SSSR count). The van der Waals surface area contributed by atoms with Gasteiger partial charge in [-0.15, -0.1) is 8.78 Å². The quantitative estimate of drug-likeness (QED) is 0.0590. The van der Waals surface area contributed by atoms with Crippen LogP contribution in [0.4, 0.5) is 17.6 Å². The van der Waals surface area contributed by atoms with Crippen LogP contribution in [0.25, 0.3) is 0 Å². The van der Waals surface area contributed by atoms with Crippen molar-refractivity contribution in [3.8, 4) is 23.0 Å². The summed E-state index contributed by atoms with van der Waals surface area (Å²) in [5.41, 5.74) is 0.198. The van der Waals surface area contributed by atoms with Crippen molar-refractivity contribution in [2.24, 2.45) is 0 Å². The first-order valence-corrected chi connectivity index (χ1v) is 16.5. The molecule has 2 aromatic rings. The van der Waals surface area contributed by atoms with Crippen molar-refractivity contribution in [1.29, 1.82) is 0 Å². The molecular formula is C36H42F4O9. The largest absolute Gasteiger partial charge is 0.586 e. The summed E-state index contributed by atoms with van der Waals surface area (Å²) >= 11 is 0. The number of alkyl halides is 2. The van der Waals surface area contributed by atoms with Crippen LogP contribution in [0.3, 0.4) is 0 Å². The van der Waals surface area contributed by atoms with E-state index in [1.165, 1.54) is 18.2 Å². The second-order valence-corrected chi connectivity index (χ2v) is 11.7. The lowest BCUT2D eigenvalue weighted by Crippen LogP contribution is -2.26. The van der Waals surface area contributed by atoms with Crippen molar-refractivity contribution in [2.75, 3.05) is 26.4 Å². The van der Waals surface area contributed by atoms with Crippen molar-refractivity contribution >= 4 is 11.9 Å². The molecule has 0 unspecified atom stereocenters. The van der Waals surface area contributed by atoms with Gasteiger partial charge in [0.1, 0.15) is 6.61 Å². The van der Waals surface area contributed by atoms with E-state index in [9.17, 15) is 18.4 Å². The lowest BCUT2D eigenvalue weighted by Gasteiger charge is -2.29. The zero-order chi connectivity index (χ0) is 35.2. The maximum absolute atomic E-state index is 15.3. The van der Waals surface area contributed by atoms with Gasteiger partial charge in [-0.1, -0.05) is 31.7 Å². The van der Waals surface area contributed by atoms with Crippen LogP contribution in [0.2, 0.25) is 0 Å². The average Bonchev–Trinajstić information content (AvgIpc) is 3.43. The zero-order valence-corrected chi connectivity index (χ0v) is 27.3. The fourth-order valence-corrected chi connectivity index (χ4v) is 5.59. The van der Waals surface area contributed by atoms with Crippen LogP contribution >= 0.6 is 0 Å². The molecule has 1 saturated carbocycles. The Hall–Kier alpha value is -4.26. The molecule has 2 aromatic carbocycles. The van der Waals surface area contributed by atoms with Gasteiger partial charge in [0.25, 0.3) is 0 Å². The number of esters is 2. The normalized spacial score (nSPS) is 17.6. The van der Waals surface area contributed by atoms with Gasteiger partial charge in [-0.2, -0.15) is 0 Å². The Balaban J connectivity index is 1.23. The number of ether oxygens (including phenoxy) is 7. The van der Waals surface area contributed by atoms with Crippen molar-refractivity contribution < 1.29 is 60.3 Å². The van der Waals surface area contributed by atoms with Gasteiger partial charge in [-0.25, -0.2) is 18.4 Å². The molecule has 2 aliphatic rings. The molecule has 0 bridgehead atoms. The molecule has 0 amide bonds. The first-order valence-electron chi connectivity index (χ1n) is 16.5. The number of halogens is 4. The summed E-state index contributed by atoms with van der Waals surface area (Å²) in [7, 11) is 0. The fourth-order valence-electron chi connectivity index (χ4n) is 5.59. The number of carbonyl (C=O) groups excluding carboxylic acids is 2. The fraction of sp³-hybridized carbons (Fsp3) is 0.500. The van der Waals surface area contributed by atoms with E-state index < -0.39 is 42.2 Å². The average molecular weight is 695 g/mol. The maximum atomic E-state index is 15.3. The number of hydrogen-bond donors (Lipinski definition) is 0. The Kier molecular flexibility index (Phi) is 14.2. The highest BCUT2D eigenvalue weighted by molar-refractivity contribution is 5.81. The lowest BCUT2D eigenvalue weighted by atomic mass is 9.82. The molecule has 49 heavy (non-hydrogen) atoms. The molecule has 1 fully saturated rings. The van der Waals surface area contributed by atoms with E-state index in [2.05, 4.69) is 22.6 Å². The van der Waals surface area contributed by atoms with Crippen molar-refractivity contribution in [3.05, 3.63) is 72.3 Å². The standard InChI is InChI=1S/C36H42F4O9/c1-3-30(41)45-21-8-6-5-7-19-43-26-14-11-24(12-15-26)27-16-13-25(32(37)33(27)38)23-47-29-18-17-28(34-35(29)49-36(39,40)48-34)44-20-9-10-22-46-31(42)4-2/h3-4,13,16-18,24,26H,1-2,5-12,14-15,19-23H2. The van der Waals surface area contributed by atoms with Crippen LogP contribution in [-0.2, 0) is 30.4 Å².